The second-order valence-electron chi connectivity index (χ2n) is 5.88. The highest BCUT2D eigenvalue weighted by Crippen LogP contribution is 2.29. The average molecular weight is 378 g/mol. The van der Waals surface area contributed by atoms with Crippen molar-refractivity contribution in [3.8, 4) is 5.75 Å². The van der Waals surface area contributed by atoms with Crippen molar-refractivity contribution in [2.24, 2.45) is 0 Å². The van der Waals surface area contributed by atoms with Gasteiger partial charge in [-0.1, -0.05) is 24.3 Å². The number of fused-ring (bicyclic) bond motifs is 1. The van der Waals surface area contributed by atoms with Gasteiger partial charge < -0.3 is 20.5 Å². The standard InChI is InChI=1S/C21H18N2O5/c1-2-28-21(27)13-9-11-14(12-10-13)22-19(25)20(26)23-17-7-3-6-16-15(17)5-4-8-18(16)24/h3-12,24H,2H2,1H3,(H,22,25)(H,23,26). The summed E-state index contributed by atoms with van der Waals surface area (Å²) in [6.07, 6.45) is 0. The molecule has 7 nitrogen and oxygen atoms in total. The molecule has 3 rings (SSSR count). The molecule has 0 bridgehead atoms. The van der Waals surface area contributed by atoms with Crippen LogP contribution in [0.1, 0.15) is 17.3 Å². The van der Waals surface area contributed by atoms with Crippen molar-refractivity contribution in [2.75, 3.05) is 17.2 Å². The molecule has 0 aromatic heterocycles. The number of rotatable bonds is 4. The third-order valence-corrected chi connectivity index (χ3v) is 4.01. The molecule has 0 fully saturated rings. The molecule has 0 aliphatic rings. The van der Waals surface area contributed by atoms with Crippen LogP contribution >= 0.6 is 0 Å². The predicted octanol–water partition coefficient (Wildman–Crippen LogP) is 3.30. The van der Waals surface area contributed by atoms with Gasteiger partial charge in [0, 0.05) is 22.1 Å². The van der Waals surface area contributed by atoms with Crippen molar-refractivity contribution in [1.29, 1.82) is 0 Å². The normalized spacial score (nSPS) is 10.3. The summed E-state index contributed by atoms with van der Waals surface area (Å²) in [6.45, 7) is 1.98. The molecule has 0 aliphatic heterocycles. The molecule has 3 aromatic carbocycles. The van der Waals surface area contributed by atoms with E-state index in [0.29, 0.717) is 27.7 Å². The van der Waals surface area contributed by atoms with Crippen LogP contribution in [0, 0.1) is 0 Å². The molecule has 0 unspecified atom stereocenters. The Balaban J connectivity index is 1.70. The number of nitrogens with one attached hydrogen (secondary N) is 2. The van der Waals surface area contributed by atoms with E-state index in [-0.39, 0.29) is 12.4 Å². The minimum Gasteiger partial charge on any atom is -0.507 e. The van der Waals surface area contributed by atoms with E-state index in [1.165, 1.54) is 24.3 Å². The van der Waals surface area contributed by atoms with E-state index in [1.807, 2.05) is 0 Å². The maximum absolute atomic E-state index is 12.2. The fourth-order valence-corrected chi connectivity index (χ4v) is 2.67. The average Bonchev–Trinajstić information content (AvgIpc) is 2.69. The Morgan fingerprint density at radius 1 is 0.857 bits per heavy atom. The highest BCUT2D eigenvalue weighted by Gasteiger charge is 2.16. The first kappa shape index (κ1) is 18.9. The van der Waals surface area contributed by atoms with Crippen LogP contribution in [-0.4, -0.2) is 29.5 Å². The third kappa shape index (κ3) is 4.09. The maximum atomic E-state index is 12.2. The molecule has 0 spiro atoms. The Hall–Kier alpha value is -3.87. The number of anilines is 2. The number of carbonyl (C=O) groups excluding carboxylic acids is 3. The fourth-order valence-electron chi connectivity index (χ4n) is 2.67. The summed E-state index contributed by atoms with van der Waals surface area (Å²) in [4.78, 5) is 36.1. The summed E-state index contributed by atoms with van der Waals surface area (Å²) in [7, 11) is 0. The largest absolute Gasteiger partial charge is 0.507 e. The summed E-state index contributed by atoms with van der Waals surface area (Å²) < 4.78 is 4.89. The van der Waals surface area contributed by atoms with Gasteiger partial charge in [0.05, 0.1) is 12.2 Å². The van der Waals surface area contributed by atoms with Crippen LogP contribution in [0.5, 0.6) is 5.75 Å². The highest BCUT2D eigenvalue weighted by atomic mass is 16.5. The van der Waals surface area contributed by atoms with Crippen LogP contribution in [0.25, 0.3) is 10.8 Å². The number of benzene rings is 3. The molecule has 0 atom stereocenters. The van der Waals surface area contributed by atoms with Gasteiger partial charge in [0.2, 0.25) is 0 Å². The zero-order valence-electron chi connectivity index (χ0n) is 15.1. The molecule has 0 saturated heterocycles. The summed E-state index contributed by atoms with van der Waals surface area (Å²) >= 11 is 0. The van der Waals surface area contributed by atoms with Gasteiger partial charge in [0.15, 0.2) is 0 Å². The Kier molecular flexibility index (Phi) is 5.55. The minimum atomic E-state index is -0.860. The predicted molar refractivity (Wildman–Crippen MR) is 105 cm³/mol. The van der Waals surface area contributed by atoms with Gasteiger partial charge in [-0.25, -0.2) is 4.79 Å². The van der Waals surface area contributed by atoms with E-state index in [9.17, 15) is 19.5 Å². The zero-order chi connectivity index (χ0) is 20.1. The lowest BCUT2D eigenvalue weighted by Gasteiger charge is -2.10. The lowest BCUT2D eigenvalue weighted by Crippen LogP contribution is -2.29. The smallest absolute Gasteiger partial charge is 0.338 e. The van der Waals surface area contributed by atoms with E-state index in [0.717, 1.165) is 0 Å². The minimum absolute atomic E-state index is 0.0831. The number of hydrogen-bond donors (Lipinski definition) is 3. The first-order valence-electron chi connectivity index (χ1n) is 8.60. The molecule has 28 heavy (non-hydrogen) atoms. The molecule has 0 aliphatic carbocycles. The van der Waals surface area contributed by atoms with Crippen molar-refractivity contribution in [3.05, 3.63) is 66.2 Å². The summed E-state index contributed by atoms with van der Waals surface area (Å²) in [5.74, 6) is -2.09. The first-order chi connectivity index (χ1) is 13.5. The molecule has 142 valence electrons. The van der Waals surface area contributed by atoms with E-state index >= 15 is 0 Å². The van der Waals surface area contributed by atoms with Gasteiger partial charge >= 0.3 is 17.8 Å². The van der Waals surface area contributed by atoms with Gasteiger partial charge in [-0.2, -0.15) is 0 Å². The van der Waals surface area contributed by atoms with Crippen molar-refractivity contribution in [3.63, 3.8) is 0 Å². The van der Waals surface area contributed by atoms with Gasteiger partial charge in [-0.15, -0.1) is 0 Å². The summed E-state index contributed by atoms with van der Waals surface area (Å²) in [6, 6.07) is 16.0. The Bertz CT molecular complexity index is 1040. The molecular weight excluding hydrogens is 360 g/mol. The third-order valence-electron chi connectivity index (χ3n) is 4.01. The van der Waals surface area contributed by atoms with Crippen LogP contribution in [0.2, 0.25) is 0 Å². The van der Waals surface area contributed by atoms with Crippen molar-refractivity contribution in [1.82, 2.24) is 0 Å². The zero-order valence-corrected chi connectivity index (χ0v) is 15.1. The number of hydrogen-bond acceptors (Lipinski definition) is 5. The van der Waals surface area contributed by atoms with Gasteiger partial charge in [0.1, 0.15) is 5.75 Å². The number of phenols is 1. The molecule has 2 amide bonds. The maximum Gasteiger partial charge on any atom is 0.338 e. The number of ether oxygens (including phenoxy) is 1. The van der Waals surface area contributed by atoms with Crippen LogP contribution in [0.15, 0.2) is 60.7 Å². The number of phenolic OH excluding ortho intramolecular Hbond substituents is 1. The number of esters is 1. The summed E-state index contributed by atoms with van der Waals surface area (Å²) in [5.41, 5.74) is 1.12. The topological polar surface area (TPSA) is 105 Å². The second kappa shape index (κ2) is 8.22. The lowest BCUT2D eigenvalue weighted by atomic mass is 10.1. The van der Waals surface area contributed by atoms with Crippen molar-refractivity contribution < 1.29 is 24.2 Å². The van der Waals surface area contributed by atoms with Crippen LogP contribution in [0.4, 0.5) is 11.4 Å². The van der Waals surface area contributed by atoms with Gasteiger partial charge in [-0.05, 0) is 43.3 Å². The van der Waals surface area contributed by atoms with Gasteiger partial charge in [0.25, 0.3) is 0 Å². The van der Waals surface area contributed by atoms with E-state index in [4.69, 9.17) is 4.74 Å². The quantitative estimate of drug-likeness (QED) is 0.477. The lowest BCUT2D eigenvalue weighted by molar-refractivity contribution is -0.132. The highest BCUT2D eigenvalue weighted by molar-refractivity contribution is 6.44. The number of amides is 2. The Morgan fingerprint density at radius 3 is 2.21 bits per heavy atom. The molecule has 3 aromatic rings. The van der Waals surface area contributed by atoms with E-state index in [1.54, 1.807) is 43.3 Å². The van der Waals surface area contributed by atoms with Gasteiger partial charge in [-0.3, -0.25) is 9.59 Å². The van der Waals surface area contributed by atoms with Crippen molar-refractivity contribution >= 4 is 39.9 Å². The Morgan fingerprint density at radius 2 is 1.50 bits per heavy atom. The Labute approximate surface area is 160 Å². The SMILES string of the molecule is CCOC(=O)c1ccc(NC(=O)C(=O)Nc2cccc3c(O)cccc23)cc1. The van der Waals surface area contributed by atoms with Crippen LogP contribution in [0.3, 0.4) is 0 Å². The molecule has 0 radical (unpaired) electrons. The fraction of sp³-hybridized carbons (Fsp3) is 0.0952. The van der Waals surface area contributed by atoms with E-state index < -0.39 is 17.8 Å². The monoisotopic (exact) mass is 378 g/mol. The van der Waals surface area contributed by atoms with Crippen LogP contribution in [-0.2, 0) is 14.3 Å². The molecular formula is C21H18N2O5. The molecule has 0 saturated carbocycles. The number of aromatic hydroxyl groups is 1. The second-order valence-corrected chi connectivity index (χ2v) is 5.88. The van der Waals surface area contributed by atoms with E-state index in [2.05, 4.69) is 10.6 Å². The van der Waals surface area contributed by atoms with Crippen molar-refractivity contribution in [2.45, 2.75) is 6.92 Å². The molecule has 7 heteroatoms. The first-order valence-corrected chi connectivity index (χ1v) is 8.60. The summed E-state index contributed by atoms with van der Waals surface area (Å²) in [5, 5.41) is 16.1. The molecule has 0 heterocycles. The van der Waals surface area contributed by atoms with Crippen LogP contribution < -0.4 is 10.6 Å². The number of carbonyl (C=O) groups is 3. The molecule has 3 N–H and O–H groups in total.